The zero-order valence-electron chi connectivity index (χ0n) is 20.4. The number of aliphatic hydroxyl groups is 1. The molecule has 1 aliphatic heterocycles. The number of nitrogens with zero attached hydrogens (tertiary/aromatic N) is 4. The van der Waals surface area contributed by atoms with Gasteiger partial charge >= 0.3 is 0 Å². The first kappa shape index (κ1) is 24.6. The molecule has 2 heterocycles. The zero-order chi connectivity index (χ0) is 25.8. The van der Waals surface area contributed by atoms with Crippen molar-refractivity contribution in [3.05, 3.63) is 82.6 Å². The average Bonchev–Trinajstić information content (AvgIpc) is 3.31. The van der Waals surface area contributed by atoms with Crippen LogP contribution in [0.25, 0.3) is 23.0 Å². The fourth-order valence-corrected chi connectivity index (χ4v) is 4.16. The molecule has 1 aromatic heterocycles. The lowest BCUT2D eigenvalue weighted by atomic mass is 9.92. The van der Waals surface area contributed by atoms with Crippen molar-refractivity contribution in [3.8, 4) is 28.8 Å². The number of ether oxygens (including phenoxy) is 1. The van der Waals surface area contributed by atoms with Gasteiger partial charge in [-0.25, -0.2) is 4.68 Å². The van der Waals surface area contributed by atoms with Gasteiger partial charge in [0, 0.05) is 36.0 Å². The van der Waals surface area contributed by atoms with Crippen LogP contribution in [-0.4, -0.2) is 51.9 Å². The van der Waals surface area contributed by atoms with Gasteiger partial charge in [0.15, 0.2) is 0 Å². The Morgan fingerprint density at radius 3 is 2.50 bits per heavy atom. The van der Waals surface area contributed by atoms with Crippen LogP contribution in [0.4, 0.5) is 0 Å². The van der Waals surface area contributed by atoms with E-state index in [0.717, 1.165) is 27.5 Å². The molecule has 2 amide bonds. The van der Waals surface area contributed by atoms with Crippen LogP contribution in [0.1, 0.15) is 24.5 Å². The molecule has 0 atom stereocenters. The van der Waals surface area contributed by atoms with Crippen molar-refractivity contribution in [3.63, 3.8) is 0 Å². The highest BCUT2D eigenvalue weighted by atomic mass is 16.5. The maximum Gasteiger partial charge on any atom is 0.271 e. The highest BCUT2D eigenvalue weighted by molar-refractivity contribution is 6.19. The van der Waals surface area contributed by atoms with Crippen molar-refractivity contribution in [2.24, 2.45) is 0 Å². The molecule has 0 saturated carbocycles. The van der Waals surface area contributed by atoms with E-state index >= 15 is 0 Å². The minimum absolute atomic E-state index is 0.0255. The molecule has 0 bridgehead atoms. The van der Waals surface area contributed by atoms with Gasteiger partial charge in [-0.15, -0.1) is 0 Å². The van der Waals surface area contributed by atoms with Crippen molar-refractivity contribution in [2.75, 3.05) is 20.3 Å². The maximum atomic E-state index is 13.4. The molecule has 8 nitrogen and oxygen atoms in total. The van der Waals surface area contributed by atoms with Gasteiger partial charge < -0.3 is 9.84 Å². The number of aromatic nitrogens is 2. The molecule has 0 saturated heterocycles. The molecule has 8 heteroatoms. The number of aliphatic hydroxyl groups excluding tert-OH is 1. The van der Waals surface area contributed by atoms with Gasteiger partial charge in [-0.05, 0) is 67.8 Å². The van der Waals surface area contributed by atoms with E-state index in [9.17, 15) is 20.0 Å². The number of carbonyl (C=O) groups excluding carboxylic acids is 2. The third-order valence-electron chi connectivity index (χ3n) is 6.12. The van der Waals surface area contributed by atoms with E-state index in [1.807, 2.05) is 67.7 Å². The monoisotopic (exact) mass is 482 g/mol. The topological polar surface area (TPSA) is 108 Å². The minimum atomic E-state index is -0.642. The van der Waals surface area contributed by atoms with E-state index in [1.54, 1.807) is 24.8 Å². The van der Waals surface area contributed by atoms with E-state index < -0.39 is 11.8 Å². The van der Waals surface area contributed by atoms with Crippen molar-refractivity contribution in [2.45, 2.75) is 20.3 Å². The molecule has 0 fully saturated rings. The highest BCUT2D eigenvalue weighted by Gasteiger charge is 2.35. The van der Waals surface area contributed by atoms with Crippen molar-refractivity contribution in [1.82, 2.24) is 14.7 Å². The van der Waals surface area contributed by atoms with Crippen LogP contribution in [0.2, 0.25) is 0 Å². The van der Waals surface area contributed by atoms with E-state index in [4.69, 9.17) is 9.84 Å². The molecule has 36 heavy (non-hydrogen) atoms. The van der Waals surface area contributed by atoms with Crippen LogP contribution < -0.4 is 4.74 Å². The second kappa shape index (κ2) is 10.4. The van der Waals surface area contributed by atoms with E-state index in [-0.39, 0.29) is 30.7 Å². The number of carbonyl (C=O) groups is 2. The summed E-state index contributed by atoms with van der Waals surface area (Å²) in [6.07, 6.45) is 3.73. The van der Waals surface area contributed by atoms with Gasteiger partial charge in [0.2, 0.25) is 0 Å². The van der Waals surface area contributed by atoms with Crippen LogP contribution >= 0.6 is 0 Å². The second-order valence-corrected chi connectivity index (χ2v) is 8.40. The van der Waals surface area contributed by atoms with Crippen molar-refractivity contribution < 1.29 is 19.4 Å². The van der Waals surface area contributed by atoms with E-state index in [0.29, 0.717) is 16.8 Å². The lowest BCUT2D eigenvalue weighted by Gasteiger charge is -2.27. The summed E-state index contributed by atoms with van der Waals surface area (Å²) in [4.78, 5) is 27.1. The quantitative estimate of drug-likeness (QED) is 0.405. The van der Waals surface area contributed by atoms with Crippen LogP contribution in [-0.2, 0) is 9.59 Å². The normalized spacial score (nSPS) is 15.0. The number of hydrogen-bond donors (Lipinski definition) is 1. The largest absolute Gasteiger partial charge is 0.497 e. The number of aryl methyl sites for hydroxylation is 1. The summed E-state index contributed by atoms with van der Waals surface area (Å²) in [6.45, 7) is 3.41. The zero-order valence-corrected chi connectivity index (χ0v) is 20.4. The number of benzene rings is 2. The molecular weight excluding hydrogens is 456 g/mol. The van der Waals surface area contributed by atoms with Gasteiger partial charge in [-0.2, -0.15) is 10.4 Å². The van der Waals surface area contributed by atoms with Crippen LogP contribution in [0.15, 0.2) is 71.4 Å². The SMILES string of the molecule is COc1ccc(-c2nn(-c3ccccc3)cc2/C=C2/C(=O)N(CCCO)C(=O)C(C#N)=C2C)c(C)c1. The molecule has 3 aromatic rings. The number of para-hydroxylation sites is 1. The summed E-state index contributed by atoms with van der Waals surface area (Å²) in [5, 5.41) is 23.7. The standard InChI is InChI=1S/C28H26N4O4/c1-18-14-22(36-3)10-11-23(18)26-20(17-32(30-26)21-8-5-4-6-9-21)15-24-19(2)25(16-29)28(35)31(27(24)34)12-7-13-33/h4-6,8-11,14-15,17,33H,7,12-13H2,1-3H3/b24-15+. The first-order valence-corrected chi connectivity index (χ1v) is 11.5. The summed E-state index contributed by atoms with van der Waals surface area (Å²) < 4.78 is 7.08. The second-order valence-electron chi connectivity index (χ2n) is 8.40. The Kier molecular flexibility index (Phi) is 7.13. The minimum Gasteiger partial charge on any atom is -0.497 e. The Hall–Kier alpha value is -4.48. The lowest BCUT2D eigenvalue weighted by Crippen LogP contribution is -2.43. The Balaban J connectivity index is 1.92. The Bertz CT molecular complexity index is 1430. The van der Waals surface area contributed by atoms with Gasteiger partial charge in [-0.3, -0.25) is 14.5 Å². The number of imide groups is 1. The molecule has 0 radical (unpaired) electrons. The predicted molar refractivity (Wildman–Crippen MR) is 135 cm³/mol. The van der Waals surface area contributed by atoms with Gasteiger partial charge in [-0.1, -0.05) is 18.2 Å². The van der Waals surface area contributed by atoms with E-state index in [1.165, 1.54) is 0 Å². The molecule has 1 aliphatic rings. The molecule has 4 rings (SSSR count). The third-order valence-corrected chi connectivity index (χ3v) is 6.12. The van der Waals surface area contributed by atoms with Crippen LogP contribution in [0.3, 0.4) is 0 Å². The number of hydrogen-bond acceptors (Lipinski definition) is 6. The van der Waals surface area contributed by atoms with Crippen LogP contribution in [0.5, 0.6) is 5.75 Å². The average molecular weight is 483 g/mol. The fraction of sp³-hybridized carbons (Fsp3) is 0.214. The highest BCUT2D eigenvalue weighted by Crippen LogP contribution is 2.33. The number of amides is 2. The smallest absolute Gasteiger partial charge is 0.271 e. The Labute approximate surface area is 209 Å². The van der Waals surface area contributed by atoms with Crippen molar-refractivity contribution in [1.29, 1.82) is 5.26 Å². The molecule has 2 aromatic carbocycles. The molecule has 0 aliphatic carbocycles. The Morgan fingerprint density at radius 2 is 1.86 bits per heavy atom. The maximum absolute atomic E-state index is 13.4. The summed E-state index contributed by atoms with van der Waals surface area (Å²) in [5.41, 5.74) is 4.41. The number of rotatable bonds is 7. The summed E-state index contributed by atoms with van der Waals surface area (Å²) in [6, 6.07) is 17.2. The molecule has 182 valence electrons. The molecular formula is C28H26N4O4. The van der Waals surface area contributed by atoms with Gasteiger partial charge in [0.05, 0.1) is 12.8 Å². The summed E-state index contributed by atoms with van der Waals surface area (Å²) in [5.74, 6) is -0.428. The molecule has 0 unspecified atom stereocenters. The van der Waals surface area contributed by atoms with E-state index in [2.05, 4.69) is 0 Å². The molecule has 1 N–H and O–H groups in total. The van der Waals surface area contributed by atoms with Crippen molar-refractivity contribution >= 4 is 17.9 Å². The summed E-state index contributed by atoms with van der Waals surface area (Å²) in [7, 11) is 1.61. The number of methoxy groups -OCH3 is 1. The first-order chi connectivity index (χ1) is 17.4. The number of nitriles is 1. The van der Waals surface area contributed by atoms with Crippen LogP contribution in [0, 0.1) is 18.3 Å². The van der Waals surface area contributed by atoms with Gasteiger partial charge in [0.25, 0.3) is 11.8 Å². The third kappa shape index (κ3) is 4.57. The fourth-order valence-electron chi connectivity index (χ4n) is 4.16. The Morgan fingerprint density at radius 1 is 1.11 bits per heavy atom. The van der Waals surface area contributed by atoms with Gasteiger partial charge in [0.1, 0.15) is 23.1 Å². The predicted octanol–water partition coefficient (Wildman–Crippen LogP) is 3.83. The summed E-state index contributed by atoms with van der Waals surface area (Å²) >= 11 is 0. The molecule has 0 spiro atoms. The lowest BCUT2D eigenvalue weighted by molar-refractivity contribution is -0.140. The first-order valence-electron chi connectivity index (χ1n) is 11.5.